The fourth-order valence-corrected chi connectivity index (χ4v) is 3.18. The first kappa shape index (κ1) is 21.5. The van der Waals surface area contributed by atoms with E-state index in [2.05, 4.69) is 10.3 Å². The van der Waals surface area contributed by atoms with E-state index in [0.717, 1.165) is 16.5 Å². The highest BCUT2D eigenvalue weighted by atomic mass is 19.4. The third-order valence-corrected chi connectivity index (χ3v) is 4.71. The van der Waals surface area contributed by atoms with Crippen molar-refractivity contribution in [1.82, 2.24) is 9.38 Å². The summed E-state index contributed by atoms with van der Waals surface area (Å²) in [5.41, 5.74) is 0.554. The number of carbonyl (C=O) groups excluding carboxylic acids is 1. The van der Waals surface area contributed by atoms with Gasteiger partial charge >= 0.3 is 6.18 Å². The van der Waals surface area contributed by atoms with Crippen molar-refractivity contribution in [2.75, 3.05) is 18.4 Å². The Morgan fingerprint density at radius 3 is 2.63 bits per heavy atom. The number of aryl methyl sites for hydroxylation is 1. The second-order valence-electron chi connectivity index (χ2n) is 7.07. The van der Waals surface area contributed by atoms with Crippen molar-refractivity contribution >= 4 is 17.2 Å². The van der Waals surface area contributed by atoms with Gasteiger partial charge in [-0.1, -0.05) is 18.2 Å². The van der Waals surface area contributed by atoms with Crippen molar-refractivity contribution in [1.29, 1.82) is 0 Å². The normalized spacial score (nSPS) is 12.7. The van der Waals surface area contributed by atoms with E-state index in [1.54, 1.807) is 12.3 Å². The third kappa shape index (κ3) is 5.04. The molecule has 0 aliphatic rings. The number of halogens is 3. The predicted octanol–water partition coefficient (Wildman–Crippen LogP) is 2.07. The summed E-state index contributed by atoms with van der Waals surface area (Å²) in [6.07, 6.45) is -2.86. The van der Waals surface area contributed by atoms with E-state index in [-0.39, 0.29) is 17.8 Å². The van der Waals surface area contributed by atoms with E-state index in [0.29, 0.717) is 24.4 Å². The fraction of sp³-hybridized carbons (Fsp3) is 0.286. The molecular weight excluding hydrogens is 397 g/mol. The summed E-state index contributed by atoms with van der Waals surface area (Å²) < 4.78 is 40.8. The number of alkyl halides is 3. The van der Waals surface area contributed by atoms with Gasteiger partial charge in [-0.25, -0.2) is 4.98 Å². The summed E-state index contributed by atoms with van der Waals surface area (Å²) in [6, 6.07) is 9.86. The molecule has 0 fully saturated rings. The summed E-state index contributed by atoms with van der Waals surface area (Å²) >= 11 is 0. The lowest BCUT2D eigenvalue weighted by Crippen LogP contribution is -3.11. The largest absolute Gasteiger partial charge is 0.418 e. The SMILES string of the molecule is CC[NH+](CC(=O)Nc1ccccc1C(F)(F)F)Cc1cc(=O)n2cc(C)ccc2n1. The minimum Gasteiger partial charge on any atom is -0.322 e. The standard InChI is InChI=1S/C21H21F3N4O2/c1-3-27(12-15-10-20(30)28-11-14(2)8-9-18(28)25-15)13-19(29)26-17-7-5-4-6-16(17)21(22,23)24/h4-11H,3,12-13H2,1-2H3,(H,26,29)/p+1. The van der Waals surface area contributed by atoms with Gasteiger partial charge in [-0.2, -0.15) is 13.2 Å². The van der Waals surface area contributed by atoms with Crippen molar-refractivity contribution in [3.05, 3.63) is 75.8 Å². The Bertz CT molecular complexity index is 1130. The monoisotopic (exact) mass is 419 g/mol. The third-order valence-electron chi connectivity index (χ3n) is 4.71. The summed E-state index contributed by atoms with van der Waals surface area (Å²) in [4.78, 5) is 30.0. The summed E-state index contributed by atoms with van der Waals surface area (Å²) in [5, 5.41) is 2.35. The lowest BCUT2D eigenvalue weighted by molar-refractivity contribution is -0.904. The topological polar surface area (TPSA) is 67.9 Å². The van der Waals surface area contributed by atoms with Gasteiger partial charge in [0.15, 0.2) is 6.54 Å². The number of hydrogen-bond acceptors (Lipinski definition) is 3. The van der Waals surface area contributed by atoms with Gasteiger partial charge in [0, 0.05) is 12.3 Å². The number of nitrogens with one attached hydrogen (secondary N) is 2. The van der Waals surface area contributed by atoms with E-state index in [1.807, 2.05) is 19.9 Å². The number of fused-ring (bicyclic) bond motifs is 1. The summed E-state index contributed by atoms with van der Waals surface area (Å²) in [7, 11) is 0. The molecule has 0 bridgehead atoms. The van der Waals surface area contributed by atoms with Crippen LogP contribution in [0.2, 0.25) is 0 Å². The molecule has 9 heteroatoms. The molecule has 0 spiro atoms. The quantitative estimate of drug-likeness (QED) is 0.643. The van der Waals surface area contributed by atoms with Crippen LogP contribution in [0, 0.1) is 6.92 Å². The number of likely N-dealkylation sites (N-methyl/N-ethyl adjacent to an activating group) is 1. The number of pyridine rings is 1. The Balaban J connectivity index is 1.74. The molecule has 2 aromatic heterocycles. The Labute approximate surface area is 171 Å². The number of rotatable bonds is 6. The van der Waals surface area contributed by atoms with E-state index in [9.17, 15) is 22.8 Å². The van der Waals surface area contributed by atoms with Crippen molar-refractivity contribution in [2.45, 2.75) is 26.6 Å². The Morgan fingerprint density at radius 2 is 1.93 bits per heavy atom. The second kappa shape index (κ2) is 8.66. The molecule has 0 aliphatic carbocycles. The van der Waals surface area contributed by atoms with Crippen LogP contribution >= 0.6 is 0 Å². The molecule has 1 aromatic carbocycles. The van der Waals surface area contributed by atoms with E-state index < -0.39 is 17.6 Å². The zero-order valence-electron chi connectivity index (χ0n) is 16.6. The number of nitrogens with zero attached hydrogens (tertiary/aromatic N) is 2. The Kier molecular flexibility index (Phi) is 6.21. The molecular formula is C21H22F3N4O2+. The highest BCUT2D eigenvalue weighted by Gasteiger charge is 2.33. The zero-order chi connectivity index (χ0) is 21.9. The summed E-state index contributed by atoms with van der Waals surface area (Å²) in [6.45, 7) is 4.49. The number of aromatic nitrogens is 2. The fourth-order valence-electron chi connectivity index (χ4n) is 3.18. The molecule has 3 rings (SSSR count). The van der Waals surface area contributed by atoms with Crippen LogP contribution in [0.4, 0.5) is 18.9 Å². The first-order valence-electron chi connectivity index (χ1n) is 9.46. The number of benzene rings is 1. The highest BCUT2D eigenvalue weighted by Crippen LogP contribution is 2.34. The van der Waals surface area contributed by atoms with E-state index >= 15 is 0 Å². The van der Waals surface area contributed by atoms with Crippen LogP contribution in [-0.2, 0) is 17.5 Å². The van der Waals surface area contributed by atoms with Crippen molar-refractivity contribution in [3.8, 4) is 0 Å². The molecule has 158 valence electrons. The molecule has 2 heterocycles. The van der Waals surface area contributed by atoms with Crippen LogP contribution in [0.1, 0.15) is 23.7 Å². The molecule has 0 radical (unpaired) electrons. The lowest BCUT2D eigenvalue weighted by atomic mass is 10.1. The molecule has 1 unspecified atom stereocenters. The van der Waals surface area contributed by atoms with Crippen LogP contribution in [0.3, 0.4) is 0 Å². The zero-order valence-corrected chi connectivity index (χ0v) is 16.6. The molecule has 3 aromatic rings. The number of hydrogen-bond donors (Lipinski definition) is 2. The van der Waals surface area contributed by atoms with Crippen LogP contribution in [0.25, 0.3) is 5.65 Å². The molecule has 0 saturated carbocycles. The maximum Gasteiger partial charge on any atom is 0.418 e. The maximum atomic E-state index is 13.1. The van der Waals surface area contributed by atoms with Crippen LogP contribution in [0.5, 0.6) is 0 Å². The molecule has 1 atom stereocenters. The van der Waals surface area contributed by atoms with Gasteiger partial charge in [0.2, 0.25) is 0 Å². The smallest absolute Gasteiger partial charge is 0.322 e. The van der Waals surface area contributed by atoms with Crippen LogP contribution in [-0.4, -0.2) is 28.4 Å². The second-order valence-corrected chi connectivity index (χ2v) is 7.07. The average Bonchev–Trinajstić information content (AvgIpc) is 2.67. The van der Waals surface area contributed by atoms with Crippen molar-refractivity contribution < 1.29 is 22.9 Å². The van der Waals surface area contributed by atoms with Crippen LogP contribution in [0.15, 0.2) is 53.5 Å². The number of anilines is 1. The van der Waals surface area contributed by atoms with Crippen molar-refractivity contribution in [2.24, 2.45) is 0 Å². The molecule has 0 saturated heterocycles. The van der Waals surface area contributed by atoms with Gasteiger partial charge in [0.1, 0.15) is 17.9 Å². The number of para-hydroxylation sites is 1. The van der Waals surface area contributed by atoms with Gasteiger partial charge in [0.25, 0.3) is 11.5 Å². The molecule has 6 nitrogen and oxygen atoms in total. The molecule has 1 amide bonds. The first-order chi connectivity index (χ1) is 14.2. The average molecular weight is 419 g/mol. The maximum absolute atomic E-state index is 13.1. The Morgan fingerprint density at radius 1 is 1.20 bits per heavy atom. The number of amides is 1. The predicted molar refractivity (Wildman–Crippen MR) is 106 cm³/mol. The van der Waals surface area contributed by atoms with Crippen molar-refractivity contribution in [3.63, 3.8) is 0 Å². The van der Waals surface area contributed by atoms with Crippen LogP contribution < -0.4 is 15.8 Å². The molecule has 2 N–H and O–H groups in total. The highest BCUT2D eigenvalue weighted by molar-refractivity contribution is 5.92. The van der Waals surface area contributed by atoms with E-state index in [4.69, 9.17) is 0 Å². The number of carbonyl (C=O) groups is 1. The van der Waals surface area contributed by atoms with E-state index in [1.165, 1.54) is 28.7 Å². The summed E-state index contributed by atoms with van der Waals surface area (Å²) in [5.74, 6) is -0.545. The van der Waals surface area contributed by atoms with Gasteiger partial charge < -0.3 is 10.2 Å². The Hall–Kier alpha value is -3.20. The molecule has 30 heavy (non-hydrogen) atoms. The van der Waals surface area contributed by atoms with Gasteiger partial charge in [-0.05, 0) is 37.6 Å². The van der Waals surface area contributed by atoms with Gasteiger partial charge in [-0.3, -0.25) is 14.0 Å². The minimum absolute atomic E-state index is 0.0579. The number of quaternary nitrogens is 1. The minimum atomic E-state index is -4.56. The first-order valence-corrected chi connectivity index (χ1v) is 9.46. The molecule has 0 aliphatic heterocycles. The van der Waals surface area contributed by atoms with Gasteiger partial charge in [-0.15, -0.1) is 0 Å². The van der Waals surface area contributed by atoms with Gasteiger partial charge in [0.05, 0.1) is 17.8 Å². The lowest BCUT2D eigenvalue weighted by Gasteiger charge is -2.18.